The summed E-state index contributed by atoms with van der Waals surface area (Å²) in [5.74, 6) is 0.529. The number of hydrogen-bond donors (Lipinski definition) is 1. The first kappa shape index (κ1) is 22.1. The molecule has 3 aromatic rings. The first-order valence-electron chi connectivity index (χ1n) is 9.65. The molecule has 0 spiro atoms. The molecule has 1 atom stereocenters. The van der Waals surface area contributed by atoms with Gasteiger partial charge >= 0.3 is 0 Å². The fourth-order valence-electron chi connectivity index (χ4n) is 3.04. The van der Waals surface area contributed by atoms with Crippen molar-refractivity contribution in [2.45, 2.75) is 38.1 Å². The molecule has 0 aliphatic rings. The van der Waals surface area contributed by atoms with Gasteiger partial charge in [-0.05, 0) is 73.7 Å². The van der Waals surface area contributed by atoms with Crippen LogP contribution in [0.4, 0.5) is 5.69 Å². The van der Waals surface area contributed by atoms with Gasteiger partial charge in [0.1, 0.15) is 5.75 Å². The van der Waals surface area contributed by atoms with E-state index in [2.05, 4.69) is 5.32 Å². The third kappa shape index (κ3) is 4.29. The zero-order chi connectivity index (χ0) is 22.1. The second kappa shape index (κ2) is 8.65. The highest BCUT2D eigenvalue weighted by atomic mass is 32.2. The highest BCUT2D eigenvalue weighted by molar-refractivity contribution is 7.92. The van der Waals surface area contributed by atoms with Gasteiger partial charge in [-0.3, -0.25) is 9.10 Å². The maximum atomic E-state index is 13.1. The van der Waals surface area contributed by atoms with Crippen LogP contribution in [0, 0.1) is 6.92 Å². The van der Waals surface area contributed by atoms with Crippen molar-refractivity contribution in [3.63, 3.8) is 0 Å². The molecule has 0 aliphatic heterocycles. The van der Waals surface area contributed by atoms with E-state index in [0.717, 1.165) is 22.1 Å². The predicted molar refractivity (Wildman–Crippen MR) is 122 cm³/mol. The van der Waals surface area contributed by atoms with Crippen molar-refractivity contribution in [2.24, 2.45) is 0 Å². The van der Waals surface area contributed by atoms with Gasteiger partial charge in [0, 0.05) is 17.8 Å². The molecule has 6 nitrogen and oxygen atoms in total. The Kier molecular flexibility index (Phi) is 6.38. The molecule has 0 bridgehead atoms. The molecule has 1 amide bonds. The molecule has 160 valence electrons. The van der Waals surface area contributed by atoms with Gasteiger partial charge in [0.2, 0.25) is 0 Å². The molecular weight excluding hydrogens is 420 g/mol. The van der Waals surface area contributed by atoms with Gasteiger partial charge < -0.3 is 10.1 Å². The van der Waals surface area contributed by atoms with Crippen molar-refractivity contribution in [3.8, 4) is 5.75 Å². The summed E-state index contributed by atoms with van der Waals surface area (Å²) < 4.78 is 33.6. The Bertz CT molecular complexity index is 1190. The molecule has 0 radical (unpaired) electrons. The van der Waals surface area contributed by atoms with E-state index in [4.69, 9.17) is 4.74 Å². The van der Waals surface area contributed by atoms with E-state index in [1.807, 2.05) is 19.9 Å². The van der Waals surface area contributed by atoms with Crippen molar-refractivity contribution in [1.82, 2.24) is 5.32 Å². The molecule has 8 heteroatoms. The van der Waals surface area contributed by atoms with Crippen molar-refractivity contribution in [1.29, 1.82) is 0 Å². The van der Waals surface area contributed by atoms with Crippen LogP contribution in [-0.4, -0.2) is 34.5 Å². The molecule has 0 fully saturated rings. The fourth-order valence-corrected chi connectivity index (χ4v) is 5.26. The zero-order valence-corrected chi connectivity index (χ0v) is 19.4. The summed E-state index contributed by atoms with van der Waals surface area (Å²) in [7, 11) is -0.657. The maximum absolute atomic E-state index is 13.1. The highest BCUT2D eigenvalue weighted by Crippen LogP contribution is 2.32. The number of methoxy groups -OCH3 is 1. The molecule has 3 rings (SSSR count). The SMILES string of the molecule is CC[C@H](C)NC(=O)c1cc2cc(N(C)S(=O)(=O)c3ccc(OC)c(C)c3)ccc2s1. The molecule has 0 saturated heterocycles. The van der Waals surface area contributed by atoms with Gasteiger partial charge in [-0.15, -0.1) is 11.3 Å². The first-order valence-corrected chi connectivity index (χ1v) is 11.9. The van der Waals surface area contributed by atoms with Gasteiger partial charge in [-0.2, -0.15) is 0 Å². The average molecular weight is 447 g/mol. The van der Waals surface area contributed by atoms with Crippen LogP contribution >= 0.6 is 11.3 Å². The van der Waals surface area contributed by atoms with E-state index in [-0.39, 0.29) is 16.8 Å². The van der Waals surface area contributed by atoms with Crippen molar-refractivity contribution in [3.05, 3.63) is 52.9 Å². The maximum Gasteiger partial charge on any atom is 0.264 e. The van der Waals surface area contributed by atoms with Gasteiger partial charge in [0.05, 0.1) is 22.6 Å². The summed E-state index contributed by atoms with van der Waals surface area (Å²) in [6.45, 7) is 5.79. The molecule has 1 N–H and O–H groups in total. The number of carbonyl (C=O) groups excluding carboxylic acids is 1. The number of hydrogen-bond acceptors (Lipinski definition) is 5. The number of aryl methyl sites for hydroxylation is 1. The van der Waals surface area contributed by atoms with Gasteiger partial charge in [0.25, 0.3) is 15.9 Å². The summed E-state index contributed by atoms with van der Waals surface area (Å²) in [4.78, 5) is 13.2. The largest absolute Gasteiger partial charge is 0.496 e. The Morgan fingerprint density at radius 1 is 1.20 bits per heavy atom. The Morgan fingerprint density at radius 3 is 2.57 bits per heavy atom. The first-order chi connectivity index (χ1) is 14.2. The summed E-state index contributed by atoms with van der Waals surface area (Å²) in [5, 5.41) is 3.79. The molecule has 0 aliphatic carbocycles. The highest BCUT2D eigenvalue weighted by Gasteiger charge is 2.23. The number of anilines is 1. The number of sulfonamides is 1. The van der Waals surface area contributed by atoms with E-state index in [9.17, 15) is 13.2 Å². The number of rotatable bonds is 7. The topological polar surface area (TPSA) is 75.7 Å². The predicted octanol–water partition coefficient (Wildman–Crippen LogP) is 4.57. The quantitative estimate of drug-likeness (QED) is 0.577. The summed E-state index contributed by atoms with van der Waals surface area (Å²) in [6, 6.07) is 12.1. The number of thiophene rings is 1. The minimum atomic E-state index is -3.74. The van der Waals surface area contributed by atoms with E-state index >= 15 is 0 Å². The van der Waals surface area contributed by atoms with Crippen molar-refractivity contribution < 1.29 is 17.9 Å². The minimum absolute atomic E-state index is 0.0995. The van der Waals surface area contributed by atoms with Gasteiger partial charge in [0.15, 0.2) is 0 Å². The minimum Gasteiger partial charge on any atom is -0.496 e. The van der Waals surface area contributed by atoms with Crippen LogP contribution < -0.4 is 14.4 Å². The zero-order valence-electron chi connectivity index (χ0n) is 17.7. The van der Waals surface area contributed by atoms with E-state index in [1.54, 1.807) is 44.4 Å². The molecule has 1 aromatic heterocycles. The molecule has 0 saturated carbocycles. The fraction of sp³-hybridized carbons (Fsp3) is 0.318. The second-order valence-electron chi connectivity index (χ2n) is 7.22. The lowest BCUT2D eigenvalue weighted by molar-refractivity contribution is 0.0943. The molecule has 1 heterocycles. The number of nitrogens with zero attached hydrogens (tertiary/aromatic N) is 1. The number of ether oxygens (including phenoxy) is 1. The molecule has 0 unspecified atom stereocenters. The lowest BCUT2D eigenvalue weighted by Crippen LogP contribution is -2.31. The Hall–Kier alpha value is -2.58. The number of amides is 1. The van der Waals surface area contributed by atoms with E-state index < -0.39 is 10.0 Å². The van der Waals surface area contributed by atoms with Gasteiger partial charge in [-0.25, -0.2) is 8.42 Å². The Morgan fingerprint density at radius 2 is 1.93 bits per heavy atom. The molecular formula is C22H26N2O4S2. The lowest BCUT2D eigenvalue weighted by Gasteiger charge is -2.20. The number of fused-ring (bicyclic) bond motifs is 1. The monoisotopic (exact) mass is 446 g/mol. The normalized spacial score (nSPS) is 12.6. The van der Waals surface area contributed by atoms with Crippen LogP contribution in [0.25, 0.3) is 10.1 Å². The average Bonchev–Trinajstić information content (AvgIpc) is 3.16. The van der Waals surface area contributed by atoms with Crippen LogP contribution in [0.2, 0.25) is 0 Å². The van der Waals surface area contributed by atoms with Crippen LogP contribution in [0.15, 0.2) is 47.4 Å². The third-order valence-electron chi connectivity index (χ3n) is 5.10. The number of benzene rings is 2. The molecule has 2 aromatic carbocycles. The van der Waals surface area contributed by atoms with Crippen LogP contribution in [-0.2, 0) is 10.0 Å². The Balaban J connectivity index is 1.92. The third-order valence-corrected chi connectivity index (χ3v) is 8.00. The Labute approximate surface area is 181 Å². The van der Waals surface area contributed by atoms with Gasteiger partial charge in [-0.1, -0.05) is 6.92 Å². The van der Waals surface area contributed by atoms with Crippen molar-refractivity contribution in [2.75, 3.05) is 18.5 Å². The van der Waals surface area contributed by atoms with Crippen LogP contribution in [0.3, 0.4) is 0 Å². The molecule has 30 heavy (non-hydrogen) atoms. The smallest absolute Gasteiger partial charge is 0.264 e. The summed E-state index contributed by atoms with van der Waals surface area (Å²) >= 11 is 1.39. The lowest BCUT2D eigenvalue weighted by atomic mass is 10.2. The van der Waals surface area contributed by atoms with E-state index in [1.165, 1.54) is 28.8 Å². The van der Waals surface area contributed by atoms with Crippen LogP contribution in [0.1, 0.15) is 35.5 Å². The second-order valence-corrected chi connectivity index (χ2v) is 10.3. The number of nitrogens with one attached hydrogen (secondary N) is 1. The summed E-state index contributed by atoms with van der Waals surface area (Å²) in [6.07, 6.45) is 0.855. The summed E-state index contributed by atoms with van der Waals surface area (Å²) in [5.41, 5.74) is 1.28. The van der Waals surface area contributed by atoms with Crippen LogP contribution in [0.5, 0.6) is 5.75 Å². The standard InChI is InChI=1S/C22H26N2O4S2/c1-6-15(3)23-22(25)21-13-16-12-17(7-10-20(16)29-21)24(4)30(26,27)18-8-9-19(28-5)14(2)11-18/h7-13,15H,6H2,1-5H3,(H,23,25)/t15-/m0/s1. The van der Waals surface area contributed by atoms with Crippen molar-refractivity contribution >= 4 is 43.0 Å². The number of carbonyl (C=O) groups is 1. The van der Waals surface area contributed by atoms with E-state index in [0.29, 0.717) is 16.3 Å².